The summed E-state index contributed by atoms with van der Waals surface area (Å²) >= 11 is 0. The van der Waals surface area contributed by atoms with E-state index in [1.165, 1.54) is 6.42 Å². The zero-order valence-corrected chi connectivity index (χ0v) is 11.9. The van der Waals surface area contributed by atoms with Gasteiger partial charge in [-0.05, 0) is 31.6 Å². The van der Waals surface area contributed by atoms with Crippen LogP contribution in [0.15, 0.2) is 12.2 Å². The van der Waals surface area contributed by atoms with Gasteiger partial charge in [0.05, 0.1) is 6.10 Å². The van der Waals surface area contributed by atoms with Crippen LogP contribution in [0.5, 0.6) is 0 Å². The summed E-state index contributed by atoms with van der Waals surface area (Å²) in [6.45, 7) is 6.70. The molecule has 1 unspecified atom stereocenters. The summed E-state index contributed by atoms with van der Waals surface area (Å²) in [5.41, 5.74) is 0. The molecule has 0 saturated carbocycles. The fraction of sp³-hybridized carbons (Fsp3) is 0.800. The van der Waals surface area contributed by atoms with Crippen LogP contribution in [0.25, 0.3) is 0 Å². The quantitative estimate of drug-likeness (QED) is 0.782. The summed E-state index contributed by atoms with van der Waals surface area (Å²) < 4.78 is 0. The summed E-state index contributed by atoms with van der Waals surface area (Å²) in [4.78, 5) is 16.3. The van der Waals surface area contributed by atoms with E-state index in [-0.39, 0.29) is 12.0 Å². The molecular formula is C15H26N2O2. The van der Waals surface area contributed by atoms with E-state index in [4.69, 9.17) is 0 Å². The highest BCUT2D eigenvalue weighted by Crippen LogP contribution is 2.15. The van der Waals surface area contributed by atoms with Crippen LogP contribution in [0, 0.1) is 5.92 Å². The van der Waals surface area contributed by atoms with E-state index >= 15 is 0 Å². The second kappa shape index (κ2) is 7.06. The lowest BCUT2D eigenvalue weighted by Crippen LogP contribution is -2.38. The lowest BCUT2D eigenvalue weighted by atomic mass is 10.0. The Morgan fingerprint density at radius 1 is 1.26 bits per heavy atom. The number of hydrogen-bond acceptors (Lipinski definition) is 3. The van der Waals surface area contributed by atoms with Crippen molar-refractivity contribution in [3.63, 3.8) is 0 Å². The topological polar surface area (TPSA) is 43.8 Å². The maximum atomic E-state index is 12.0. The van der Waals surface area contributed by atoms with Gasteiger partial charge in [-0.1, -0.05) is 13.0 Å². The molecule has 4 heteroatoms. The third-order valence-electron chi connectivity index (χ3n) is 4.15. The van der Waals surface area contributed by atoms with Gasteiger partial charge in [-0.3, -0.25) is 9.69 Å². The van der Waals surface area contributed by atoms with Gasteiger partial charge in [0.25, 0.3) is 0 Å². The molecule has 2 rings (SSSR count). The van der Waals surface area contributed by atoms with Crippen molar-refractivity contribution in [2.75, 3.05) is 32.7 Å². The van der Waals surface area contributed by atoms with Crippen molar-refractivity contribution in [1.82, 2.24) is 9.80 Å². The molecule has 1 amide bonds. The normalized spacial score (nSPS) is 27.1. The molecule has 4 nitrogen and oxygen atoms in total. The maximum absolute atomic E-state index is 12.0. The Bertz CT molecular complexity index is 322. The van der Waals surface area contributed by atoms with Gasteiger partial charge in [-0.25, -0.2) is 0 Å². The van der Waals surface area contributed by atoms with Gasteiger partial charge in [0.1, 0.15) is 0 Å². The molecule has 2 fully saturated rings. The van der Waals surface area contributed by atoms with Crippen LogP contribution >= 0.6 is 0 Å². The molecule has 0 aromatic heterocycles. The van der Waals surface area contributed by atoms with Crippen LogP contribution in [0.1, 0.15) is 32.6 Å². The van der Waals surface area contributed by atoms with E-state index in [1.54, 1.807) is 6.08 Å². The fourth-order valence-electron chi connectivity index (χ4n) is 2.90. The predicted molar refractivity (Wildman–Crippen MR) is 75.8 cm³/mol. The third kappa shape index (κ3) is 4.62. The highest BCUT2D eigenvalue weighted by molar-refractivity contribution is 5.87. The fourth-order valence-corrected chi connectivity index (χ4v) is 2.90. The number of amides is 1. The van der Waals surface area contributed by atoms with Gasteiger partial charge in [-0.2, -0.15) is 0 Å². The first-order valence-electron chi connectivity index (χ1n) is 7.51. The molecule has 2 saturated heterocycles. The second-order valence-corrected chi connectivity index (χ2v) is 5.97. The van der Waals surface area contributed by atoms with Crippen molar-refractivity contribution in [3.05, 3.63) is 12.2 Å². The Morgan fingerprint density at radius 3 is 2.68 bits per heavy atom. The second-order valence-electron chi connectivity index (χ2n) is 5.97. The number of carbonyl (C=O) groups is 1. The first-order chi connectivity index (χ1) is 9.15. The Kier molecular flexibility index (Phi) is 5.40. The molecule has 0 aromatic carbocycles. The Morgan fingerprint density at radius 2 is 2.00 bits per heavy atom. The first-order valence-corrected chi connectivity index (χ1v) is 7.51. The molecular weight excluding hydrogens is 240 g/mol. The number of aliphatic hydroxyl groups excluding tert-OH is 1. The first kappa shape index (κ1) is 14.5. The van der Waals surface area contributed by atoms with Crippen LogP contribution in [0.2, 0.25) is 0 Å². The van der Waals surface area contributed by atoms with Crippen LogP contribution in [0.4, 0.5) is 0 Å². The number of likely N-dealkylation sites (tertiary alicyclic amines) is 2. The molecule has 1 N–H and O–H groups in total. The van der Waals surface area contributed by atoms with E-state index in [2.05, 4.69) is 11.8 Å². The van der Waals surface area contributed by atoms with E-state index < -0.39 is 0 Å². The average Bonchev–Trinajstić information content (AvgIpc) is 2.41. The minimum Gasteiger partial charge on any atom is -0.393 e. The van der Waals surface area contributed by atoms with Crippen LogP contribution < -0.4 is 0 Å². The molecule has 0 radical (unpaired) electrons. The molecule has 19 heavy (non-hydrogen) atoms. The zero-order chi connectivity index (χ0) is 13.7. The van der Waals surface area contributed by atoms with Gasteiger partial charge in [0, 0.05) is 38.8 Å². The van der Waals surface area contributed by atoms with Gasteiger partial charge < -0.3 is 10.0 Å². The summed E-state index contributed by atoms with van der Waals surface area (Å²) in [5, 5.41) is 9.43. The summed E-state index contributed by atoms with van der Waals surface area (Å²) in [7, 11) is 0. The van der Waals surface area contributed by atoms with Crippen molar-refractivity contribution in [3.8, 4) is 0 Å². The molecule has 2 aliphatic heterocycles. The molecule has 0 spiro atoms. The van der Waals surface area contributed by atoms with Crippen LogP contribution in [-0.4, -0.2) is 59.6 Å². The monoisotopic (exact) mass is 266 g/mol. The van der Waals surface area contributed by atoms with Crippen molar-refractivity contribution >= 4 is 5.91 Å². The minimum absolute atomic E-state index is 0.128. The lowest BCUT2D eigenvalue weighted by Gasteiger charge is -2.30. The molecule has 108 valence electrons. The average molecular weight is 266 g/mol. The number of nitrogens with zero attached hydrogens (tertiary/aromatic N) is 2. The third-order valence-corrected chi connectivity index (χ3v) is 4.15. The highest BCUT2D eigenvalue weighted by atomic mass is 16.3. The minimum atomic E-state index is -0.128. The number of aliphatic hydroxyl groups is 1. The number of piperidine rings is 2. The van der Waals surface area contributed by atoms with E-state index in [0.29, 0.717) is 5.92 Å². The van der Waals surface area contributed by atoms with Crippen molar-refractivity contribution in [2.45, 2.75) is 38.7 Å². The van der Waals surface area contributed by atoms with E-state index in [1.807, 2.05) is 11.0 Å². The molecule has 0 aromatic rings. The zero-order valence-electron chi connectivity index (χ0n) is 11.9. The standard InChI is InChI=1S/C15H26N2O2/c1-13-4-2-9-17(12-13)15(19)5-3-8-16-10-6-14(18)7-11-16/h3,5,13-14,18H,2,4,6-12H2,1H3. The maximum Gasteiger partial charge on any atom is 0.246 e. The molecule has 1 atom stereocenters. The number of rotatable bonds is 3. The van der Waals surface area contributed by atoms with Gasteiger partial charge in [-0.15, -0.1) is 0 Å². The van der Waals surface area contributed by atoms with E-state index in [9.17, 15) is 9.90 Å². The Balaban J connectivity index is 1.71. The van der Waals surface area contributed by atoms with Crippen LogP contribution in [0.3, 0.4) is 0 Å². The van der Waals surface area contributed by atoms with Crippen molar-refractivity contribution in [1.29, 1.82) is 0 Å². The Hall–Kier alpha value is -0.870. The predicted octanol–water partition coefficient (Wildman–Crippen LogP) is 1.26. The molecule has 2 heterocycles. The van der Waals surface area contributed by atoms with Gasteiger partial charge >= 0.3 is 0 Å². The molecule has 2 aliphatic rings. The Labute approximate surface area is 116 Å². The summed E-state index contributed by atoms with van der Waals surface area (Å²) in [6.07, 6.45) is 7.64. The van der Waals surface area contributed by atoms with Crippen molar-refractivity contribution < 1.29 is 9.90 Å². The summed E-state index contributed by atoms with van der Waals surface area (Å²) in [5.74, 6) is 0.790. The smallest absolute Gasteiger partial charge is 0.246 e. The van der Waals surface area contributed by atoms with E-state index in [0.717, 1.165) is 52.0 Å². The molecule has 0 aliphatic carbocycles. The SMILES string of the molecule is CC1CCCN(C(=O)C=CCN2CCC(O)CC2)C1. The molecule has 0 bridgehead atoms. The van der Waals surface area contributed by atoms with Gasteiger partial charge in [0.2, 0.25) is 5.91 Å². The highest BCUT2D eigenvalue weighted by Gasteiger charge is 2.19. The summed E-state index contributed by atoms with van der Waals surface area (Å²) in [6, 6.07) is 0. The largest absolute Gasteiger partial charge is 0.393 e. The van der Waals surface area contributed by atoms with Gasteiger partial charge in [0.15, 0.2) is 0 Å². The van der Waals surface area contributed by atoms with Crippen molar-refractivity contribution in [2.24, 2.45) is 5.92 Å². The number of hydrogen-bond donors (Lipinski definition) is 1. The number of carbonyl (C=O) groups excluding carboxylic acids is 1. The lowest BCUT2D eigenvalue weighted by molar-refractivity contribution is -0.127. The van der Waals surface area contributed by atoms with Crippen LogP contribution in [-0.2, 0) is 4.79 Å².